The fraction of sp³-hybridized carbons (Fsp3) is 0.688. The second-order valence-electron chi connectivity index (χ2n) is 6.74. The summed E-state index contributed by atoms with van der Waals surface area (Å²) in [4.78, 5) is 17.3. The van der Waals surface area contributed by atoms with Gasteiger partial charge < -0.3 is 4.90 Å². The van der Waals surface area contributed by atoms with Gasteiger partial charge in [0.25, 0.3) is 0 Å². The zero-order valence-corrected chi connectivity index (χ0v) is 13.8. The third-order valence-electron chi connectivity index (χ3n) is 3.58. The fourth-order valence-electron chi connectivity index (χ4n) is 2.32. The van der Waals surface area contributed by atoms with Gasteiger partial charge in [0.05, 0.1) is 4.92 Å². The Morgan fingerprint density at radius 3 is 2.62 bits per heavy atom. The van der Waals surface area contributed by atoms with Gasteiger partial charge in [0, 0.05) is 24.8 Å². The first kappa shape index (κ1) is 17.4. The molecular formula is C16H27N3O2. The van der Waals surface area contributed by atoms with Crippen LogP contribution in [0.1, 0.15) is 53.9 Å². The fourth-order valence-corrected chi connectivity index (χ4v) is 2.32. The van der Waals surface area contributed by atoms with Crippen molar-refractivity contribution in [2.75, 3.05) is 11.4 Å². The smallest absolute Gasteiger partial charge is 0.311 e. The van der Waals surface area contributed by atoms with Crippen molar-refractivity contribution in [3.05, 3.63) is 28.4 Å². The minimum atomic E-state index is -0.342. The van der Waals surface area contributed by atoms with E-state index in [1.165, 1.54) is 6.07 Å². The van der Waals surface area contributed by atoms with Gasteiger partial charge in [0.2, 0.25) is 5.82 Å². The van der Waals surface area contributed by atoms with E-state index in [0.717, 1.165) is 25.8 Å². The molecule has 1 rings (SSSR count). The van der Waals surface area contributed by atoms with Crippen LogP contribution in [-0.4, -0.2) is 22.5 Å². The molecule has 0 N–H and O–H groups in total. The zero-order valence-electron chi connectivity index (χ0n) is 13.8. The molecule has 1 aromatic rings. The Balaban J connectivity index is 3.08. The monoisotopic (exact) mass is 293 g/mol. The molecule has 1 atom stereocenters. The van der Waals surface area contributed by atoms with Gasteiger partial charge in [0.1, 0.15) is 0 Å². The second kappa shape index (κ2) is 7.38. The number of anilines is 1. The summed E-state index contributed by atoms with van der Waals surface area (Å²) < 4.78 is 0. The van der Waals surface area contributed by atoms with Crippen LogP contribution in [0.25, 0.3) is 0 Å². The van der Waals surface area contributed by atoms with Crippen molar-refractivity contribution in [1.29, 1.82) is 0 Å². The van der Waals surface area contributed by atoms with E-state index in [1.54, 1.807) is 12.3 Å². The summed E-state index contributed by atoms with van der Waals surface area (Å²) in [6, 6.07) is 3.39. The number of aromatic nitrogens is 1. The molecule has 118 valence electrons. The average Bonchev–Trinajstić information content (AvgIpc) is 2.38. The highest BCUT2D eigenvalue weighted by Crippen LogP contribution is 2.29. The van der Waals surface area contributed by atoms with Crippen molar-refractivity contribution in [3.8, 4) is 0 Å². The maximum atomic E-state index is 11.2. The van der Waals surface area contributed by atoms with E-state index in [4.69, 9.17) is 0 Å². The Labute approximate surface area is 127 Å². The van der Waals surface area contributed by atoms with E-state index >= 15 is 0 Å². The minimum Gasteiger partial charge on any atom is -0.348 e. The number of rotatable bonds is 7. The molecule has 5 nitrogen and oxygen atoms in total. The molecule has 0 aliphatic carbocycles. The van der Waals surface area contributed by atoms with Crippen LogP contribution in [0.4, 0.5) is 11.5 Å². The summed E-state index contributed by atoms with van der Waals surface area (Å²) in [5, 5.41) is 11.2. The molecule has 0 spiro atoms. The van der Waals surface area contributed by atoms with Gasteiger partial charge in [-0.1, -0.05) is 34.1 Å². The van der Waals surface area contributed by atoms with E-state index in [-0.39, 0.29) is 22.1 Å². The lowest BCUT2D eigenvalue weighted by Crippen LogP contribution is -2.36. The summed E-state index contributed by atoms with van der Waals surface area (Å²) in [5.41, 5.74) is 0.280. The minimum absolute atomic E-state index is 0.0920. The Hall–Kier alpha value is -1.65. The summed E-state index contributed by atoms with van der Waals surface area (Å²) in [7, 11) is 0. The first-order valence-electron chi connectivity index (χ1n) is 7.62. The quantitative estimate of drug-likeness (QED) is 0.551. The third-order valence-corrected chi connectivity index (χ3v) is 3.58. The van der Waals surface area contributed by atoms with Crippen molar-refractivity contribution in [3.63, 3.8) is 0 Å². The van der Waals surface area contributed by atoms with E-state index in [2.05, 4.69) is 44.5 Å². The maximum Gasteiger partial charge on any atom is 0.311 e. The molecule has 1 heterocycles. The topological polar surface area (TPSA) is 59.3 Å². The lowest BCUT2D eigenvalue weighted by Gasteiger charge is -2.32. The number of nitro groups is 1. The number of nitrogens with zero attached hydrogens (tertiary/aromatic N) is 3. The van der Waals surface area contributed by atoms with Crippen LogP contribution >= 0.6 is 0 Å². The first-order valence-corrected chi connectivity index (χ1v) is 7.62. The van der Waals surface area contributed by atoms with Crippen LogP contribution in [0.2, 0.25) is 0 Å². The number of pyridine rings is 1. The van der Waals surface area contributed by atoms with Crippen LogP contribution in [0.3, 0.4) is 0 Å². The van der Waals surface area contributed by atoms with Gasteiger partial charge in [-0.15, -0.1) is 0 Å². The third kappa shape index (κ3) is 5.33. The van der Waals surface area contributed by atoms with Crippen molar-refractivity contribution in [2.45, 2.75) is 59.9 Å². The van der Waals surface area contributed by atoms with Crippen molar-refractivity contribution in [1.82, 2.24) is 4.98 Å². The van der Waals surface area contributed by atoms with Crippen LogP contribution in [0.15, 0.2) is 18.3 Å². The molecule has 1 unspecified atom stereocenters. The molecule has 5 heteroatoms. The van der Waals surface area contributed by atoms with Crippen molar-refractivity contribution < 1.29 is 4.92 Å². The van der Waals surface area contributed by atoms with Crippen LogP contribution < -0.4 is 4.90 Å². The molecule has 0 aromatic carbocycles. The molecule has 0 saturated heterocycles. The molecule has 21 heavy (non-hydrogen) atoms. The molecule has 0 bridgehead atoms. The Kier molecular flexibility index (Phi) is 6.12. The summed E-state index contributed by atoms with van der Waals surface area (Å²) in [5.74, 6) is 0.493. The normalized spacial score (nSPS) is 13.0. The van der Waals surface area contributed by atoms with E-state index < -0.39 is 0 Å². The molecule has 0 saturated carbocycles. The van der Waals surface area contributed by atoms with Gasteiger partial charge in [-0.05, 0) is 31.2 Å². The molecule has 0 radical (unpaired) electrons. The van der Waals surface area contributed by atoms with Crippen molar-refractivity contribution in [2.24, 2.45) is 5.41 Å². The highest BCUT2D eigenvalue weighted by Gasteiger charge is 2.25. The molecule has 0 aliphatic rings. The molecule has 1 aromatic heterocycles. The van der Waals surface area contributed by atoms with Crippen molar-refractivity contribution >= 4 is 11.5 Å². The molecule has 0 amide bonds. The molecular weight excluding hydrogens is 266 g/mol. The number of hydrogen-bond acceptors (Lipinski definition) is 4. The second-order valence-corrected chi connectivity index (χ2v) is 6.74. The lowest BCUT2D eigenvalue weighted by atomic mass is 9.91. The van der Waals surface area contributed by atoms with E-state index in [0.29, 0.717) is 5.82 Å². The standard InChI is InChI=1S/C16H27N3O2/c1-6-8-13(2)18(12-10-16(3,4)5)15-14(19(20)21)9-7-11-17-15/h7,9,11,13H,6,8,10,12H2,1-5H3. The zero-order chi connectivity index (χ0) is 16.0. The first-order chi connectivity index (χ1) is 9.76. The highest BCUT2D eigenvalue weighted by molar-refractivity contribution is 5.57. The van der Waals surface area contributed by atoms with E-state index in [1.807, 2.05) is 0 Å². The summed E-state index contributed by atoms with van der Waals surface area (Å²) in [6.45, 7) is 11.6. The SMILES string of the molecule is CCCC(C)N(CCC(C)(C)C)c1ncccc1[N+](=O)[O-]. The highest BCUT2D eigenvalue weighted by atomic mass is 16.6. The van der Waals surface area contributed by atoms with E-state index in [9.17, 15) is 10.1 Å². The Bertz CT molecular complexity index is 469. The lowest BCUT2D eigenvalue weighted by molar-refractivity contribution is -0.384. The van der Waals surface area contributed by atoms with Gasteiger partial charge in [0.15, 0.2) is 0 Å². The van der Waals surface area contributed by atoms with Crippen LogP contribution in [-0.2, 0) is 0 Å². The van der Waals surface area contributed by atoms with Crippen LogP contribution in [0.5, 0.6) is 0 Å². The molecule has 0 aliphatic heterocycles. The predicted octanol–water partition coefficient (Wildman–Crippen LogP) is 4.42. The largest absolute Gasteiger partial charge is 0.348 e. The van der Waals surface area contributed by atoms with Crippen LogP contribution in [0, 0.1) is 15.5 Å². The number of hydrogen-bond donors (Lipinski definition) is 0. The molecule has 0 fully saturated rings. The summed E-state index contributed by atoms with van der Waals surface area (Å²) >= 11 is 0. The predicted molar refractivity (Wildman–Crippen MR) is 86.7 cm³/mol. The summed E-state index contributed by atoms with van der Waals surface area (Å²) in [6.07, 6.45) is 4.64. The van der Waals surface area contributed by atoms with Gasteiger partial charge in [-0.25, -0.2) is 4.98 Å². The maximum absolute atomic E-state index is 11.2. The Morgan fingerprint density at radius 2 is 2.10 bits per heavy atom. The van der Waals surface area contributed by atoms with Gasteiger partial charge >= 0.3 is 5.69 Å². The van der Waals surface area contributed by atoms with Gasteiger partial charge in [-0.2, -0.15) is 0 Å². The average molecular weight is 293 g/mol. The van der Waals surface area contributed by atoms with Gasteiger partial charge in [-0.3, -0.25) is 10.1 Å². The Morgan fingerprint density at radius 1 is 1.43 bits per heavy atom.